The summed E-state index contributed by atoms with van der Waals surface area (Å²) in [7, 11) is 4.03. The van der Waals surface area contributed by atoms with E-state index in [0.717, 1.165) is 0 Å². The Labute approximate surface area is 146 Å². The molecular formula is C18H22N2O3S. The molecule has 2 heterocycles. The van der Waals surface area contributed by atoms with E-state index in [1.54, 1.807) is 0 Å². The van der Waals surface area contributed by atoms with Crippen LogP contribution in [0.4, 0.5) is 0 Å². The first-order valence-electron chi connectivity index (χ1n) is 7.94. The highest BCUT2D eigenvalue weighted by molar-refractivity contribution is 7.12. The van der Waals surface area contributed by atoms with Crippen LogP contribution in [0.1, 0.15) is 26.8 Å². The molecule has 1 aliphatic rings. The van der Waals surface area contributed by atoms with Crippen LogP contribution in [0.3, 0.4) is 0 Å². The number of nitrogens with zero attached hydrogens (tertiary/aromatic N) is 1. The number of thiophene rings is 1. The molecular weight excluding hydrogens is 324 g/mol. The third-order valence-electron chi connectivity index (χ3n) is 4.05. The lowest BCUT2D eigenvalue weighted by molar-refractivity contribution is 0.0937. The second-order valence-corrected chi connectivity index (χ2v) is 6.93. The van der Waals surface area contributed by atoms with Crippen molar-refractivity contribution in [2.24, 2.45) is 0 Å². The highest BCUT2D eigenvalue weighted by Gasteiger charge is 2.24. The number of aryl methyl sites for hydroxylation is 1. The van der Waals surface area contributed by atoms with Gasteiger partial charge in [-0.05, 0) is 26.6 Å². The van der Waals surface area contributed by atoms with E-state index in [1.165, 1.54) is 22.5 Å². The lowest BCUT2D eigenvalue weighted by atomic mass is 10.0. The van der Waals surface area contributed by atoms with Gasteiger partial charge in [-0.3, -0.25) is 4.79 Å². The number of benzene rings is 1. The zero-order chi connectivity index (χ0) is 17.1. The minimum absolute atomic E-state index is 0.113. The number of amides is 1. The van der Waals surface area contributed by atoms with Crippen LogP contribution in [-0.4, -0.2) is 44.7 Å². The molecule has 0 saturated heterocycles. The number of rotatable bonds is 5. The molecule has 6 heteroatoms. The van der Waals surface area contributed by atoms with Gasteiger partial charge in [0.1, 0.15) is 18.1 Å². The molecule has 0 fully saturated rings. The van der Waals surface area contributed by atoms with Crippen molar-refractivity contribution in [3.05, 3.63) is 45.6 Å². The van der Waals surface area contributed by atoms with Gasteiger partial charge in [-0.2, -0.15) is 0 Å². The van der Waals surface area contributed by atoms with E-state index >= 15 is 0 Å². The number of likely N-dealkylation sites (N-methyl/N-ethyl adjacent to an activating group) is 1. The van der Waals surface area contributed by atoms with E-state index in [4.69, 9.17) is 9.47 Å². The Balaban J connectivity index is 1.69. The number of hydrogen-bond acceptors (Lipinski definition) is 5. The van der Waals surface area contributed by atoms with E-state index in [2.05, 4.69) is 41.4 Å². The van der Waals surface area contributed by atoms with Crippen molar-refractivity contribution in [2.75, 3.05) is 33.9 Å². The van der Waals surface area contributed by atoms with Crippen molar-refractivity contribution in [2.45, 2.75) is 13.0 Å². The molecule has 1 N–H and O–H groups in total. The number of carbonyl (C=O) groups is 1. The highest BCUT2D eigenvalue weighted by atomic mass is 32.1. The van der Waals surface area contributed by atoms with Gasteiger partial charge in [0.2, 0.25) is 0 Å². The third-order valence-corrected chi connectivity index (χ3v) is 4.99. The molecule has 0 aliphatic carbocycles. The van der Waals surface area contributed by atoms with Crippen molar-refractivity contribution < 1.29 is 14.3 Å². The fourth-order valence-corrected chi connectivity index (χ4v) is 3.52. The third kappa shape index (κ3) is 3.55. The van der Waals surface area contributed by atoms with Gasteiger partial charge in [0, 0.05) is 11.9 Å². The van der Waals surface area contributed by atoms with Crippen LogP contribution in [0.2, 0.25) is 0 Å². The summed E-state index contributed by atoms with van der Waals surface area (Å²) in [6.45, 7) is 3.61. The van der Waals surface area contributed by atoms with Gasteiger partial charge in [0.05, 0.1) is 6.04 Å². The Morgan fingerprint density at radius 2 is 1.96 bits per heavy atom. The number of fused-ring (bicyclic) bond motifs is 1. The van der Waals surface area contributed by atoms with E-state index < -0.39 is 0 Å². The molecule has 1 aliphatic heterocycles. The van der Waals surface area contributed by atoms with Crippen molar-refractivity contribution in [1.82, 2.24) is 10.2 Å². The Kier molecular flexibility index (Phi) is 5.06. The second-order valence-electron chi connectivity index (χ2n) is 6.06. The molecule has 0 saturated carbocycles. The fraction of sp³-hybridized carbons (Fsp3) is 0.389. The zero-order valence-corrected chi connectivity index (χ0v) is 15.0. The van der Waals surface area contributed by atoms with E-state index in [9.17, 15) is 4.79 Å². The molecule has 0 spiro atoms. The Morgan fingerprint density at radius 1 is 1.25 bits per heavy atom. The Morgan fingerprint density at radius 3 is 2.67 bits per heavy atom. The van der Waals surface area contributed by atoms with E-state index in [-0.39, 0.29) is 11.9 Å². The molecule has 1 aromatic heterocycles. The predicted octanol–water partition coefficient (Wildman–Crippen LogP) is 2.86. The molecule has 0 unspecified atom stereocenters. The quantitative estimate of drug-likeness (QED) is 0.904. The topological polar surface area (TPSA) is 50.8 Å². The number of hydrogen-bond donors (Lipinski definition) is 1. The number of carbonyl (C=O) groups excluding carboxylic acids is 1. The average Bonchev–Trinajstić information content (AvgIpc) is 3.00. The van der Waals surface area contributed by atoms with Crippen LogP contribution >= 0.6 is 11.3 Å². The second kappa shape index (κ2) is 7.23. The maximum Gasteiger partial charge on any atom is 0.265 e. The number of nitrogens with one attached hydrogen (secondary N) is 1. The predicted molar refractivity (Wildman–Crippen MR) is 95.2 cm³/mol. The SMILES string of the molecule is Cc1ccc([C@H](CNC(=O)c2scc3c2OCCO3)N(C)C)cc1. The molecule has 24 heavy (non-hydrogen) atoms. The monoisotopic (exact) mass is 346 g/mol. The van der Waals surface area contributed by atoms with Gasteiger partial charge in [-0.15, -0.1) is 11.3 Å². The zero-order valence-electron chi connectivity index (χ0n) is 14.2. The maximum absolute atomic E-state index is 12.5. The summed E-state index contributed by atoms with van der Waals surface area (Å²) in [5.74, 6) is 1.12. The lowest BCUT2D eigenvalue weighted by Crippen LogP contribution is -2.34. The summed E-state index contributed by atoms with van der Waals surface area (Å²) >= 11 is 1.36. The minimum atomic E-state index is -0.120. The molecule has 0 radical (unpaired) electrons. The van der Waals surface area contributed by atoms with Gasteiger partial charge >= 0.3 is 0 Å². The first kappa shape index (κ1) is 16.8. The molecule has 128 valence electrons. The van der Waals surface area contributed by atoms with Crippen LogP contribution in [0.15, 0.2) is 29.6 Å². The fourth-order valence-electron chi connectivity index (χ4n) is 2.68. The summed E-state index contributed by atoms with van der Waals surface area (Å²) in [6.07, 6.45) is 0. The van der Waals surface area contributed by atoms with E-state index in [0.29, 0.717) is 36.1 Å². The molecule has 1 amide bonds. The minimum Gasteiger partial charge on any atom is -0.485 e. The van der Waals surface area contributed by atoms with Gasteiger partial charge in [0.15, 0.2) is 11.5 Å². The van der Waals surface area contributed by atoms with Crippen LogP contribution in [-0.2, 0) is 0 Å². The van der Waals surface area contributed by atoms with E-state index in [1.807, 2.05) is 19.5 Å². The highest BCUT2D eigenvalue weighted by Crippen LogP contribution is 2.39. The van der Waals surface area contributed by atoms with Crippen LogP contribution < -0.4 is 14.8 Å². The van der Waals surface area contributed by atoms with Gasteiger partial charge in [0.25, 0.3) is 5.91 Å². The van der Waals surface area contributed by atoms with Crippen LogP contribution in [0.25, 0.3) is 0 Å². The summed E-state index contributed by atoms with van der Waals surface area (Å²) in [5, 5.41) is 4.85. The van der Waals surface area contributed by atoms with Crippen LogP contribution in [0, 0.1) is 6.92 Å². The first-order valence-corrected chi connectivity index (χ1v) is 8.82. The summed E-state index contributed by atoms with van der Waals surface area (Å²) in [4.78, 5) is 15.2. The molecule has 0 bridgehead atoms. The smallest absolute Gasteiger partial charge is 0.265 e. The normalized spacial score (nSPS) is 14.5. The van der Waals surface area contributed by atoms with Crippen molar-refractivity contribution >= 4 is 17.2 Å². The molecule has 2 aromatic rings. The average molecular weight is 346 g/mol. The lowest BCUT2D eigenvalue weighted by Gasteiger charge is -2.25. The first-order chi connectivity index (χ1) is 11.6. The molecule has 1 atom stereocenters. The van der Waals surface area contributed by atoms with Crippen LogP contribution in [0.5, 0.6) is 11.5 Å². The molecule has 5 nitrogen and oxygen atoms in total. The van der Waals surface area contributed by atoms with Crippen molar-refractivity contribution in [3.63, 3.8) is 0 Å². The largest absolute Gasteiger partial charge is 0.485 e. The van der Waals surface area contributed by atoms with Gasteiger partial charge in [-0.1, -0.05) is 29.8 Å². The summed E-state index contributed by atoms with van der Waals surface area (Å²) < 4.78 is 11.1. The molecule has 1 aromatic carbocycles. The number of ether oxygens (including phenoxy) is 2. The summed E-state index contributed by atoms with van der Waals surface area (Å²) in [5.41, 5.74) is 2.40. The summed E-state index contributed by atoms with van der Waals surface area (Å²) in [6, 6.07) is 8.51. The molecule has 3 rings (SSSR count). The van der Waals surface area contributed by atoms with Gasteiger partial charge < -0.3 is 19.7 Å². The Bertz CT molecular complexity index is 710. The van der Waals surface area contributed by atoms with Gasteiger partial charge in [-0.25, -0.2) is 0 Å². The maximum atomic E-state index is 12.5. The van der Waals surface area contributed by atoms with Crippen molar-refractivity contribution in [1.29, 1.82) is 0 Å². The van der Waals surface area contributed by atoms with Crippen molar-refractivity contribution in [3.8, 4) is 11.5 Å². The Hall–Kier alpha value is -2.05. The standard InChI is InChI=1S/C18H22N2O3S/c1-12-4-6-13(7-5-12)14(20(2)3)10-19-18(21)17-16-15(11-24-17)22-8-9-23-16/h4-7,11,14H,8-10H2,1-3H3,(H,19,21)/t14-/m0/s1.